The molecular weight excluding hydrogens is 348 g/mol. The molecule has 1 aliphatic rings. The van der Waals surface area contributed by atoms with Gasteiger partial charge in [-0.1, -0.05) is 23.7 Å². The van der Waals surface area contributed by atoms with Crippen LogP contribution in [-0.2, 0) is 14.6 Å². The first kappa shape index (κ1) is 17.2. The van der Waals surface area contributed by atoms with Gasteiger partial charge in [0, 0.05) is 24.7 Å². The summed E-state index contributed by atoms with van der Waals surface area (Å²) < 4.78 is 25.0. The zero-order valence-corrected chi connectivity index (χ0v) is 14.7. The van der Waals surface area contributed by atoms with Gasteiger partial charge in [-0.15, -0.1) is 0 Å². The van der Waals surface area contributed by atoms with E-state index in [0.717, 1.165) is 17.3 Å². The predicted octanol–water partition coefficient (Wildman–Crippen LogP) is 2.09. The molecule has 0 saturated carbocycles. The van der Waals surface area contributed by atoms with Crippen LogP contribution in [0, 0.1) is 0 Å². The fourth-order valence-electron chi connectivity index (χ4n) is 2.83. The lowest BCUT2D eigenvalue weighted by Gasteiger charge is -2.27. The Morgan fingerprint density at radius 2 is 1.88 bits per heavy atom. The number of amides is 1. The van der Waals surface area contributed by atoms with Crippen LogP contribution in [0.4, 0.5) is 0 Å². The maximum absolute atomic E-state index is 12.5. The van der Waals surface area contributed by atoms with Crippen LogP contribution in [0.2, 0.25) is 5.02 Å². The van der Waals surface area contributed by atoms with Crippen LogP contribution in [0.3, 0.4) is 0 Å². The molecule has 24 heavy (non-hydrogen) atoms. The van der Waals surface area contributed by atoms with Crippen molar-refractivity contribution in [1.29, 1.82) is 0 Å². The van der Waals surface area contributed by atoms with Crippen LogP contribution in [0.15, 0.2) is 41.3 Å². The molecule has 1 aliphatic heterocycles. The highest BCUT2D eigenvalue weighted by Gasteiger charge is 2.19. The molecule has 0 radical (unpaired) electrons. The molecule has 0 unspecified atom stereocenters. The van der Waals surface area contributed by atoms with Gasteiger partial charge in [0.1, 0.15) is 0 Å². The zero-order valence-electron chi connectivity index (χ0n) is 13.2. The van der Waals surface area contributed by atoms with E-state index in [4.69, 9.17) is 11.6 Å². The van der Waals surface area contributed by atoms with Gasteiger partial charge < -0.3 is 10.2 Å². The van der Waals surface area contributed by atoms with E-state index < -0.39 is 9.84 Å². The number of hydrogen-bond donors (Lipinski definition) is 1. The number of benzene rings is 2. The van der Waals surface area contributed by atoms with Gasteiger partial charge in [0.25, 0.3) is 0 Å². The highest BCUT2D eigenvalue weighted by Crippen LogP contribution is 2.23. The molecule has 3 rings (SSSR count). The van der Waals surface area contributed by atoms with Crippen molar-refractivity contribution in [3.63, 3.8) is 0 Å². The number of fused-ring (bicyclic) bond motifs is 1. The number of hydrogen-bond acceptors (Lipinski definition) is 4. The van der Waals surface area contributed by atoms with Gasteiger partial charge in [0.15, 0.2) is 9.84 Å². The summed E-state index contributed by atoms with van der Waals surface area (Å²) in [5, 5.41) is 5.38. The van der Waals surface area contributed by atoms with E-state index in [0.29, 0.717) is 36.0 Å². The number of piperazine rings is 1. The summed E-state index contributed by atoms with van der Waals surface area (Å²) in [4.78, 5) is 13.7. The first-order valence-electron chi connectivity index (χ1n) is 7.86. The molecule has 0 atom stereocenters. The molecule has 128 valence electrons. The van der Waals surface area contributed by atoms with Gasteiger partial charge in [0.2, 0.25) is 5.91 Å². The number of nitrogens with one attached hydrogen (secondary N) is 1. The molecule has 5 nitrogen and oxygen atoms in total. The van der Waals surface area contributed by atoms with Crippen molar-refractivity contribution in [2.45, 2.75) is 11.3 Å². The summed E-state index contributed by atoms with van der Waals surface area (Å²) in [6.07, 6.45) is 0.437. The SMILES string of the molecule is O=C1CNCCN1CCCS(=O)(=O)c1ccc2cc(Cl)ccc2c1. The normalized spacial score (nSPS) is 15.9. The molecule has 7 heteroatoms. The number of halogens is 1. The van der Waals surface area contributed by atoms with Crippen molar-refractivity contribution in [3.8, 4) is 0 Å². The lowest BCUT2D eigenvalue weighted by atomic mass is 10.1. The third-order valence-electron chi connectivity index (χ3n) is 4.16. The van der Waals surface area contributed by atoms with E-state index in [1.54, 1.807) is 29.2 Å². The Hall–Kier alpha value is -1.63. The number of sulfone groups is 1. The van der Waals surface area contributed by atoms with Gasteiger partial charge in [-0.05, 0) is 41.5 Å². The minimum atomic E-state index is -3.37. The number of rotatable bonds is 5. The Morgan fingerprint density at radius 3 is 2.67 bits per heavy atom. The van der Waals surface area contributed by atoms with Crippen molar-refractivity contribution in [1.82, 2.24) is 10.2 Å². The lowest BCUT2D eigenvalue weighted by molar-refractivity contribution is -0.131. The molecule has 1 saturated heterocycles. The Kier molecular flexibility index (Phi) is 5.08. The Balaban J connectivity index is 1.68. The maximum Gasteiger partial charge on any atom is 0.236 e. The summed E-state index contributed by atoms with van der Waals surface area (Å²) in [7, 11) is -3.37. The Bertz CT molecular complexity index is 867. The van der Waals surface area contributed by atoms with Gasteiger partial charge in [-0.2, -0.15) is 0 Å². The second-order valence-corrected chi connectivity index (χ2v) is 8.43. The van der Waals surface area contributed by atoms with E-state index in [9.17, 15) is 13.2 Å². The number of carbonyl (C=O) groups is 1. The fourth-order valence-corrected chi connectivity index (χ4v) is 4.34. The van der Waals surface area contributed by atoms with E-state index in [-0.39, 0.29) is 11.7 Å². The summed E-state index contributed by atoms with van der Waals surface area (Å²) in [6.45, 7) is 2.20. The van der Waals surface area contributed by atoms with Crippen LogP contribution in [0.1, 0.15) is 6.42 Å². The molecule has 0 aliphatic carbocycles. The van der Waals surface area contributed by atoms with Crippen molar-refractivity contribution in [2.75, 3.05) is 31.9 Å². The molecule has 1 N–H and O–H groups in total. The molecule has 0 bridgehead atoms. The average Bonchev–Trinajstić information content (AvgIpc) is 2.56. The number of carbonyl (C=O) groups excluding carboxylic acids is 1. The predicted molar refractivity (Wildman–Crippen MR) is 95.1 cm³/mol. The Labute approximate surface area is 146 Å². The summed E-state index contributed by atoms with van der Waals surface area (Å²) in [5.74, 6) is 0.0600. The smallest absolute Gasteiger partial charge is 0.236 e. The molecule has 1 amide bonds. The zero-order chi connectivity index (χ0) is 17.2. The van der Waals surface area contributed by atoms with Crippen molar-refractivity contribution >= 4 is 38.1 Å². The molecule has 2 aromatic carbocycles. The largest absolute Gasteiger partial charge is 0.340 e. The third kappa shape index (κ3) is 3.88. The highest BCUT2D eigenvalue weighted by atomic mass is 35.5. The second kappa shape index (κ2) is 7.09. The second-order valence-electron chi connectivity index (χ2n) is 5.88. The van der Waals surface area contributed by atoms with Crippen LogP contribution in [0.5, 0.6) is 0 Å². The molecule has 1 fully saturated rings. The minimum absolute atomic E-state index is 0.0289. The third-order valence-corrected chi connectivity index (χ3v) is 6.19. The average molecular weight is 367 g/mol. The summed E-state index contributed by atoms with van der Waals surface area (Å²) in [5.41, 5.74) is 0. The van der Waals surface area contributed by atoms with Gasteiger partial charge in [-0.3, -0.25) is 4.79 Å². The van der Waals surface area contributed by atoms with E-state index in [1.807, 2.05) is 12.1 Å². The Morgan fingerprint density at radius 1 is 1.12 bits per heavy atom. The van der Waals surface area contributed by atoms with Gasteiger partial charge in [0.05, 0.1) is 17.2 Å². The molecule has 2 aromatic rings. The monoisotopic (exact) mass is 366 g/mol. The fraction of sp³-hybridized carbons (Fsp3) is 0.353. The standard InChI is InChI=1S/C17H19ClN2O3S/c18-15-4-2-14-11-16(5-3-13(14)10-15)24(22,23)9-1-7-20-8-6-19-12-17(20)21/h2-5,10-11,19H,1,6-9,12H2. The van der Waals surface area contributed by atoms with Crippen LogP contribution in [0.25, 0.3) is 10.8 Å². The van der Waals surface area contributed by atoms with E-state index in [1.165, 1.54) is 0 Å². The van der Waals surface area contributed by atoms with Crippen LogP contribution >= 0.6 is 11.6 Å². The molecule has 1 heterocycles. The van der Waals surface area contributed by atoms with E-state index in [2.05, 4.69) is 5.32 Å². The minimum Gasteiger partial charge on any atom is -0.340 e. The first-order chi connectivity index (χ1) is 11.5. The van der Waals surface area contributed by atoms with Crippen LogP contribution in [-0.4, -0.2) is 51.2 Å². The lowest BCUT2D eigenvalue weighted by Crippen LogP contribution is -2.48. The quantitative estimate of drug-likeness (QED) is 0.879. The molecule has 0 spiro atoms. The van der Waals surface area contributed by atoms with Crippen LogP contribution < -0.4 is 5.32 Å². The molecular formula is C17H19ClN2O3S. The van der Waals surface area contributed by atoms with Crippen molar-refractivity contribution in [2.24, 2.45) is 0 Å². The molecule has 0 aromatic heterocycles. The van der Waals surface area contributed by atoms with Gasteiger partial charge >= 0.3 is 0 Å². The topological polar surface area (TPSA) is 66.5 Å². The van der Waals surface area contributed by atoms with Crippen molar-refractivity contribution in [3.05, 3.63) is 41.4 Å². The first-order valence-corrected chi connectivity index (χ1v) is 9.89. The number of nitrogens with zero attached hydrogens (tertiary/aromatic N) is 1. The highest BCUT2D eigenvalue weighted by molar-refractivity contribution is 7.91. The van der Waals surface area contributed by atoms with Crippen molar-refractivity contribution < 1.29 is 13.2 Å². The van der Waals surface area contributed by atoms with Gasteiger partial charge in [-0.25, -0.2) is 8.42 Å². The summed E-state index contributed by atoms with van der Waals surface area (Å²) >= 11 is 5.95. The summed E-state index contributed by atoms with van der Waals surface area (Å²) in [6, 6.07) is 10.4. The maximum atomic E-state index is 12.5. The van der Waals surface area contributed by atoms with E-state index >= 15 is 0 Å².